The van der Waals surface area contributed by atoms with Crippen molar-refractivity contribution in [1.82, 2.24) is 10.2 Å². The molecule has 0 bridgehead atoms. The van der Waals surface area contributed by atoms with Crippen LogP contribution in [0.5, 0.6) is 0 Å². The van der Waals surface area contributed by atoms with E-state index in [4.69, 9.17) is 5.73 Å². The summed E-state index contributed by atoms with van der Waals surface area (Å²) in [6.07, 6.45) is 0.903. The molecule has 0 unspecified atom stereocenters. The van der Waals surface area contributed by atoms with Crippen LogP contribution in [0.25, 0.3) is 0 Å². The molecule has 2 aromatic carbocycles. The van der Waals surface area contributed by atoms with Crippen LogP contribution >= 0.6 is 24.0 Å². The molecule has 1 fully saturated rings. The molecule has 0 atom stereocenters. The van der Waals surface area contributed by atoms with Crippen LogP contribution in [-0.2, 0) is 6.54 Å². The summed E-state index contributed by atoms with van der Waals surface area (Å²) in [7, 11) is 0. The fourth-order valence-electron chi connectivity index (χ4n) is 3.27. The number of amides is 1. The SMILES string of the molecule is CCCNC(=O)c1cccc(CN=C(N)N2CCN(c3ccc(F)cc3)CC2)c1.I. The van der Waals surface area contributed by atoms with Crippen molar-refractivity contribution < 1.29 is 9.18 Å². The molecule has 1 aliphatic heterocycles. The number of piperazine rings is 1. The Labute approximate surface area is 194 Å². The van der Waals surface area contributed by atoms with Crippen LogP contribution in [0.1, 0.15) is 29.3 Å². The maximum Gasteiger partial charge on any atom is 0.251 e. The molecule has 1 aliphatic rings. The summed E-state index contributed by atoms with van der Waals surface area (Å²) < 4.78 is 13.1. The van der Waals surface area contributed by atoms with Crippen LogP contribution < -0.4 is 16.0 Å². The number of nitrogens with zero attached hydrogens (tertiary/aromatic N) is 3. The minimum absolute atomic E-state index is 0. The number of hydrogen-bond acceptors (Lipinski definition) is 3. The van der Waals surface area contributed by atoms with Gasteiger partial charge in [-0.15, -0.1) is 24.0 Å². The molecule has 8 heteroatoms. The van der Waals surface area contributed by atoms with Crippen LogP contribution in [0, 0.1) is 5.82 Å². The van der Waals surface area contributed by atoms with Gasteiger partial charge in [0.05, 0.1) is 6.54 Å². The van der Waals surface area contributed by atoms with Gasteiger partial charge >= 0.3 is 0 Å². The zero-order valence-electron chi connectivity index (χ0n) is 17.2. The molecule has 0 aliphatic carbocycles. The number of halogens is 2. The monoisotopic (exact) mass is 525 g/mol. The number of nitrogens with one attached hydrogen (secondary N) is 1. The van der Waals surface area contributed by atoms with Gasteiger partial charge in [-0.3, -0.25) is 4.79 Å². The van der Waals surface area contributed by atoms with Gasteiger partial charge in [-0.1, -0.05) is 19.1 Å². The first kappa shape index (κ1) is 23.9. The third-order valence-electron chi connectivity index (χ3n) is 4.94. The van der Waals surface area contributed by atoms with Crippen LogP contribution in [0.4, 0.5) is 10.1 Å². The lowest BCUT2D eigenvalue weighted by atomic mass is 10.1. The molecule has 0 spiro atoms. The third-order valence-corrected chi connectivity index (χ3v) is 4.94. The number of nitrogens with two attached hydrogens (primary N) is 1. The zero-order chi connectivity index (χ0) is 20.6. The average molecular weight is 525 g/mol. The molecule has 2 aromatic rings. The molecule has 1 saturated heterocycles. The van der Waals surface area contributed by atoms with Gasteiger partial charge < -0.3 is 20.9 Å². The van der Waals surface area contributed by atoms with Crippen molar-refractivity contribution in [3.63, 3.8) is 0 Å². The van der Waals surface area contributed by atoms with Gasteiger partial charge in [0, 0.05) is 44.0 Å². The first-order valence-corrected chi connectivity index (χ1v) is 9.99. The predicted octanol–water partition coefficient (Wildman–Crippen LogP) is 3.22. The molecular formula is C22H29FIN5O. The zero-order valence-corrected chi connectivity index (χ0v) is 19.5. The highest BCUT2D eigenvalue weighted by Crippen LogP contribution is 2.17. The number of anilines is 1. The highest BCUT2D eigenvalue weighted by Gasteiger charge is 2.18. The smallest absolute Gasteiger partial charge is 0.251 e. The number of guanidine groups is 1. The summed E-state index contributed by atoms with van der Waals surface area (Å²) in [6, 6.07) is 14.0. The van der Waals surface area contributed by atoms with E-state index in [1.807, 2.05) is 25.1 Å². The lowest BCUT2D eigenvalue weighted by molar-refractivity contribution is 0.0953. The van der Waals surface area contributed by atoms with Crippen molar-refractivity contribution in [3.8, 4) is 0 Å². The van der Waals surface area contributed by atoms with E-state index < -0.39 is 0 Å². The summed E-state index contributed by atoms with van der Waals surface area (Å²) >= 11 is 0. The van der Waals surface area contributed by atoms with Crippen molar-refractivity contribution in [2.75, 3.05) is 37.6 Å². The van der Waals surface area contributed by atoms with E-state index in [1.54, 1.807) is 18.2 Å². The van der Waals surface area contributed by atoms with Crippen LogP contribution in [0.3, 0.4) is 0 Å². The summed E-state index contributed by atoms with van der Waals surface area (Å²) in [5.41, 5.74) is 8.79. The second kappa shape index (κ2) is 11.7. The van der Waals surface area contributed by atoms with Crippen molar-refractivity contribution in [2.45, 2.75) is 19.9 Å². The summed E-state index contributed by atoms with van der Waals surface area (Å²) in [5, 5.41) is 2.88. The van der Waals surface area contributed by atoms with Gasteiger partial charge in [0.15, 0.2) is 5.96 Å². The maximum atomic E-state index is 13.1. The van der Waals surface area contributed by atoms with E-state index in [-0.39, 0.29) is 35.7 Å². The molecule has 0 aromatic heterocycles. The second-order valence-corrected chi connectivity index (χ2v) is 7.08. The van der Waals surface area contributed by atoms with Gasteiger partial charge in [-0.2, -0.15) is 0 Å². The number of rotatable bonds is 6. The summed E-state index contributed by atoms with van der Waals surface area (Å²) in [6.45, 7) is 6.23. The molecule has 1 amide bonds. The van der Waals surface area contributed by atoms with Gasteiger partial charge in [0.1, 0.15) is 5.82 Å². The Morgan fingerprint density at radius 1 is 1.13 bits per heavy atom. The number of benzene rings is 2. The summed E-state index contributed by atoms with van der Waals surface area (Å²) in [5.74, 6) is 0.211. The molecule has 6 nitrogen and oxygen atoms in total. The van der Waals surface area contributed by atoms with E-state index in [0.29, 0.717) is 24.6 Å². The molecular weight excluding hydrogens is 496 g/mol. The minimum Gasteiger partial charge on any atom is -0.370 e. The molecule has 3 N–H and O–H groups in total. The fraction of sp³-hybridized carbons (Fsp3) is 0.364. The first-order chi connectivity index (χ1) is 14.1. The molecule has 0 radical (unpaired) electrons. The Morgan fingerprint density at radius 3 is 2.50 bits per heavy atom. The van der Waals surface area contributed by atoms with E-state index in [2.05, 4.69) is 20.1 Å². The lowest BCUT2D eigenvalue weighted by Crippen LogP contribution is -2.51. The number of aliphatic imine (C=N–C) groups is 1. The fourth-order valence-corrected chi connectivity index (χ4v) is 3.27. The molecule has 162 valence electrons. The number of carbonyl (C=O) groups is 1. The largest absolute Gasteiger partial charge is 0.370 e. The first-order valence-electron chi connectivity index (χ1n) is 9.99. The molecule has 0 saturated carbocycles. The minimum atomic E-state index is -0.226. The van der Waals surface area contributed by atoms with Gasteiger partial charge in [0.2, 0.25) is 0 Å². The van der Waals surface area contributed by atoms with E-state index >= 15 is 0 Å². The topological polar surface area (TPSA) is 74.0 Å². The Kier molecular flexibility index (Phi) is 9.35. The van der Waals surface area contributed by atoms with Crippen molar-refractivity contribution in [3.05, 3.63) is 65.5 Å². The Hall–Kier alpha value is -2.36. The number of hydrogen-bond donors (Lipinski definition) is 2. The Morgan fingerprint density at radius 2 is 1.83 bits per heavy atom. The normalized spacial score (nSPS) is 14.3. The third kappa shape index (κ3) is 6.58. The van der Waals surface area contributed by atoms with Crippen molar-refractivity contribution in [2.24, 2.45) is 10.7 Å². The van der Waals surface area contributed by atoms with E-state index in [9.17, 15) is 9.18 Å². The van der Waals surface area contributed by atoms with Gasteiger partial charge in [-0.05, 0) is 48.4 Å². The highest BCUT2D eigenvalue weighted by molar-refractivity contribution is 14.0. The van der Waals surface area contributed by atoms with Crippen LogP contribution in [0.2, 0.25) is 0 Å². The molecule has 1 heterocycles. The highest BCUT2D eigenvalue weighted by atomic mass is 127. The number of carbonyl (C=O) groups excluding carboxylic acids is 1. The van der Waals surface area contributed by atoms with Crippen molar-refractivity contribution >= 4 is 41.5 Å². The molecule has 3 rings (SSSR count). The Balaban J connectivity index is 0.00000320. The van der Waals surface area contributed by atoms with E-state index in [0.717, 1.165) is 43.9 Å². The van der Waals surface area contributed by atoms with Crippen LogP contribution in [0.15, 0.2) is 53.5 Å². The quantitative estimate of drug-likeness (QED) is 0.345. The van der Waals surface area contributed by atoms with Crippen LogP contribution in [-0.4, -0.2) is 49.5 Å². The van der Waals surface area contributed by atoms with E-state index in [1.165, 1.54) is 12.1 Å². The average Bonchev–Trinajstić information content (AvgIpc) is 2.76. The van der Waals surface area contributed by atoms with Gasteiger partial charge in [0.25, 0.3) is 5.91 Å². The predicted molar refractivity (Wildman–Crippen MR) is 130 cm³/mol. The Bertz CT molecular complexity index is 851. The lowest BCUT2D eigenvalue weighted by Gasteiger charge is -2.36. The van der Waals surface area contributed by atoms with Gasteiger partial charge in [-0.25, -0.2) is 9.38 Å². The molecule has 30 heavy (non-hydrogen) atoms. The maximum absolute atomic E-state index is 13.1. The second-order valence-electron chi connectivity index (χ2n) is 7.08. The van der Waals surface area contributed by atoms with Crippen molar-refractivity contribution in [1.29, 1.82) is 0 Å². The summed E-state index contributed by atoms with van der Waals surface area (Å²) in [4.78, 5) is 20.9. The standard InChI is InChI=1S/C22H28FN5O.HI/c1-2-10-25-21(29)18-5-3-4-17(15-18)16-26-22(24)28-13-11-27(12-14-28)20-8-6-19(23)7-9-20;/h3-9,15H,2,10-14,16H2,1H3,(H2,24,26)(H,25,29);1H.